The highest BCUT2D eigenvalue weighted by Gasteiger charge is 1.96. The molecule has 0 saturated carbocycles. The van der Waals surface area contributed by atoms with E-state index in [2.05, 4.69) is 51.6 Å². The van der Waals surface area contributed by atoms with Crippen molar-refractivity contribution < 1.29 is 0 Å². The predicted molar refractivity (Wildman–Crippen MR) is 60.9 cm³/mol. The lowest BCUT2D eigenvalue weighted by Gasteiger charge is -2.12. The Morgan fingerprint density at radius 3 is 2.00 bits per heavy atom. The fraction of sp³-hybridized carbons (Fsp3) is 0.500. The molecule has 0 bridgehead atoms. The van der Waals surface area contributed by atoms with Crippen LogP contribution in [0.4, 0.5) is 0 Å². The summed E-state index contributed by atoms with van der Waals surface area (Å²) >= 11 is 0. The summed E-state index contributed by atoms with van der Waals surface area (Å²) in [6, 6.07) is 0. The predicted octanol–water partition coefficient (Wildman–Crippen LogP) is 3.02. The summed E-state index contributed by atoms with van der Waals surface area (Å²) in [5.41, 5.74) is 3.83. The fourth-order valence-electron chi connectivity index (χ4n) is 0.961. The first-order valence-corrected chi connectivity index (χ1v) is 4.58. The second-order valence-corrected chi connectivity index (χ2v) is 3.94. The second kappa shape index (κ2) is 5.76. The second-order valence-electron chi connectivity index (χ2n) is 3.94. The minimum Gasteiger partial charge on any atom is -0.305 e. The topological polar surface area (TPSA) is 3.24 Å². The van der Waals surface area contributed by atoms with Crippen molar-refractivity contribution in [2.24, 2.45) is 0 Å². The van der Waals surface area contributed by atoms with Crippen molar-refractivity contribution in [2.45, 2.75) is 20.8 Å². The Hall–Kier alpha value is -0.820. The Balaban J connectivity index is 4.47. The van der Waals surface area contributed by atoms with E-state index in [-0.39, 0.29) is 0 Å². The fourth-order valence-corrected chi connectivity index (χ4v) is 0.961. The van der Waals surface area contributed by atoms with Gasteiger partial charge in [0.25, 0.3) is 0 Å². The number of hydrogen-bond acceptors (Lipinski definition) is 1. The summed E-state index contributed by atoms with van der Waals surface area (Å²) < 4.78 is 0. The highest BCUT2D eigenvalue weighted by Crippen LogP contribution is 2.07. The largest absolute Gasteiger partial charge is 0.305 e. The number of nitrogens with zero attached hydrogens (tertiary/aromatic N) is 1. The molecule has 0 amide bonds. The average molecular weight is 179 g/mol. The lowest BCUT2D eigenvalue weighted by Crippen LogP contribution is -2.14. The van der Waals surface area contributed by atoms with Gasteiger partial charge in [-0.25, -0.2) is 0 Å². The van der Waals surface area contributed by atoms with Crippen LogP contribution in [0, 0.1) is 0 Å². The zero-order valence-electron chi connectivity index (χ0n) is 9.52. The van der Waals surface area contributed by atoms with E-state index in [1.165, 1.54) is 11.1 Å². The molecule has 1 heteroatoms. The van der Waals surface area contributed by atoms with Crippen LogP contribution in [0.1, 0.15) is 20.8 Å². The molecule has 0 radical (unpaired) electrons. The van der Waals surface area contributed by atoms with Gasteiger partial charge in [-0.15, -0.1) is 0 Å². The third kappa shape index (κ3) is 6.35. The maximum absolute atomic E-state index is 3.84. The molecule has 0 heterocycles. The van der Waals surface area contributed by atoms with Crippen molar-refractivity contribution in [3.8, 4) is 0 Å². The van der Waals surface area contributed by atoms with Crippen molar-refractivity contribution in [1.82, 2.24) is 4.90 Å². The first kappa shape index (κ1) is 12.2. The first-order chi connectivity index (χ1) is 5.93. The van der Waals surface area contributed by atoms with Gasteiger partial charge in [0, 0.05) is 6.54 Å². The molecule has 0 aliphatic rings. The van der Waals surface area contributed by atoms with Gasteiger partial charge in [0.05, 0.1) is 0 Å². The van der Waals surface area contributed by atoms with Crippen LogP contribution in [0.15, 0.2) is 35.5 Å². The van der Waals surface area contributed by atoms with Gasteiger partial charge in [-0.2, -0.15) is 0 Å². The molecule has 0 fully saturated rings. The van der Waals surface area contributed by atoms with Crippen LogP contribution in [-0.2, 0) is 0 Å². The van der Waals surface area contributed by atoms with Crippen molar-refractivity contribution in [2.75, 3.05) is 20.6 Å². The number of likely N-dealkylation sites (N-methyl/N-ethyl adjacent to an activating group) is 1. The first-order valence-electron chi connectivity index (χ1n) is 4.58. The lowest BCUT2D eigenvalue weighted by molar-refractivity contribution is 0.447. The molecule has 0 saturated heterocycles. The van der Waals surface area contributed by atoms with Gasteiger partial charge < -0.3 is 4.90 Å². The molecule has 0 aliphatic carbocycles. The standard InChI is InChI=1S/C12H21N/c1-10(2)7-8-12(11(3)4)9-13(5)6/h7-8H,1,9H2,2-6H3/b8-7-. The molecule has 13 heavy (non-hydrogen) atoms. The van der Waals surface area contributed by atoms with Gasteiger partial charge >= 0.3 is 0 Å². The zero-order chi connectivity index (χ0) is 10.4. The third-order valence-corrected chi connectivity index (χ3v) is 1.70. The van der Waals surface area contributed by atoms with E-state index in [1.807, 2.05) is 6.92 Å². The Bertz CT molecular complexity index is 228. The van der Waals surface area contributed by atoms with Crippen molar-refractivity contribution in [3.05, 3.63) is 35.5 Å². The molecule has 0 rings (SSSR count). The monoisotopic (exact) mass is 179 g/mol. The molecule has 0 aromatic carbocycles. The minimum absolute atomic E-state index is 0.992. The normalized spacial score (nSPS) is 10.9. The van der Waals surface area contributed by atoms with Gasteiger partial charge in [0.2, 0.25) is 0 Å². The summed E-state index contributed by atoms with van der Waals surface area (Å²) in [6.07, 6.45) is 4.21. The summed E-state index contributed by atoms with van der Waals surface area (Å²) in [7, 11) is 4.16. The molecule has 0 aromatic heterocycles. The van der Waals surface area contributed by atoms with Crippen molar-refractivity contribution in [1.29, 1.82) is 0 Å². The van der Waals surface area contributed by atoms with Crippen LogP contribution in [0.25, 0.3) is 0 Å². The van der Waals surface area contributed by atoms with E-state index in [4.69, 9.17) is 0 Å². The van der Waals surface area contributed by atoms with Crippen LogP contribution in [-0.4, -0.2) is 25.5 Å². The Morgan fingerprint density at radius 1 is 1.15 bits per heavy atom. The van der Waals surface area contributed by atoms with Crippen LogP contribution >= 0.6 is 0 Å². The molecular formula is C12H21N. The van der Waals surface area contributed by atoms with Crippen molar-refractivity contribution >= 4 is 0 Å². The van der Waals surface area contributed by atoms with E-state index < -0.39 is 0 Å². The molecule has 0 N–H and O–H groups in total. The van der Waals surface area contributed by atoms with Gasteiger partial charge in [-0.05, 0) is 40.4 Å². The Labute approximate surface area is 82.4 Å². The molecule has 0 unspecified atom stereocenters. The summed E-state index contributed by atoms with van der Waals surface area (Å²) in [5.74, 6) is 0. The van der Waals surface area contributed by atoms with Gasteiger partial charge in [0.1, 0.15) is 0 Å². The van der Waals surface area contributed by atoms with E-state index in [9.17, 15) is 0 Å². The van der Waals surface area contributed by atoms with Crippen LogP contribution in [0.2, 0.25) is 0 Å². The maximum Gasteiger partial charge on any atom is 0.0226 e. The van der Waals surface area contributed by atoms with E-state index in [1.54, 1.807) is 0 Å². The van der Waals surface area contributed by atoms with Gasteiger partial charge in [0.15, 0.2) is 0 Å². The highest BCUT2D eigenvalue weighted by molar-refractivity contribution is 5.29. The smallest absolute Gasteiger partial charge is 0.0226 e. The number of allylic oxidation sites excluding steroid dienone is 3. The third-order valence-electron chi connectivity index (χ3n) is 1.70. The number of rotatable bonds is 4. The van der Waals surface area contributed by atoms with Crippen LogP contribution in [0.5, 0.6) is 0 Å². The lowest BCUT2D eigenvalue weighted by atomic mass is 10.1. The quantitative estimate of drug-likeness (QED) is 0.600. The zero-order valence-corrected chi connectivity index (χ0v) is 9.52. The summed E-state index contributed by atoms with van der Waals surface area (Å²) in [5, 5.41) is 0. The number of hydrogen-bond donors (Lipinski definition) is 0. The molecule has 0 spiro atoms. The molecule has 0 atom stereocenters. The van der Waals surface area contributed by atoms with Crippen molar-refractivity contribution in [3.63, 3.8) is 0 Å². The van der Waals surface area contributed by atoms with E-state index in [0.717, 1.165) is 12.1 Å². The summed E-state index contributed by atoms with van der Waals surface area (Å²) in [6.45, 7) is 11.1. The van der Waals surface area contributed by atoms with E-state index in [0.29, 0.717) is 0 Å². The van der Waals surface area contributed by atoms with Crippen LogP contribution < -0.4 is 0 Å². The van der Waals surface area contributed by atoms with Gasteiger partial charge in [-0.3, -0.25) is 0 Å². The summed E-state index contributed by atoms with van der Waals surface area (Å²) in [4.78, 5) is 2.17. The molecule has 0 aromatic rings. The van der Waals surface area contributed by atoms with E-state index >= 15 is 0 Å². The molecular weight excluding hydrogens is 158 g/mol. The maximum atomic E-state index is 3.84. The minimum atomic E-state index is 0.992. The Morgan fingerprint density at radius 2 is 1.69 bits per heavy atom. The highest BCUT2D eigenvalue weighted by atomic mass is 15.0. The Kier molecular flexibility index (Phi) is 5.40. The SMILES string of the molecule is C=C(C)/C=C\C(CN(C)C)=C(C)C. The average Bonchev–Trinajstić information content (AvgIpc) is 1.96. The molecule has 74 valence electrons. The molecule has 0 aliphatic heterocycles. The molecule has 1 nitrogen and oxygen atoms in total. The van der Waals surface area contributed by atoms with Gasteiger partial charge in [-0.1, -0.05) is 29.9 Å². The van der Waals surface area contributed by atoms with Crippen LogP contribution in [0.3, 0.4) is 0 Å².